The maximum Gasteiger partial charge on any atom is 0.451 e. The summed E-state index contributed by atoms with van der Waals surface area (Å²) in [7, 11) is 0. The van der Waals surface area contributed by atoms with Gasteiger partial charge in [0.2, 0.25) is 0 Å². The molecule has 0 fully saturated rings. The predicted octanol–water partition coefficient (Wildman–Crippen LogP) is 5.29. The molecule has 4 N–H and O–H groups in total. The van der Waals surface area contributed by atoms with Crippen LogP contribution in [-0.4, -0.2) is 119 Å². The Hall–Kier alpha value is -2.00. The fourth-order valence-electron chi connectivity index (χ4n) is 2.85. The van der Waals surface area contributed by atoms with E-state index < -0.39 is 104 Å². The molecule has 0 saturated carbocycles. The van der Waals surface area contributed by atoms with E-state index in [9.17, 15) is 70.2 Å². The lowest BCUT2D eigenvalue weighted by molar-refractivity contribution is -0.615. The molecule has 0 aromatic heterocycles. The summed E-state index contributed by atoms with van der Waals surface area (Å²) in [5, 5.41) is 33.7. The Morgan fingerprint density at radius 2 is 0.388 bits per heavy atom. The minimum atomic E-state index is -9.65. The van der Waals surface area contributed by atoms with Crippen molar-refractivity contribution in [2.45, 2.75) is 72.6 Å². The Morgan fingerprint density at radius 3 is 0.469 bits per heavy atom. The third kappa shape index (κ3) is 7.93. The van der Waals surface area contributed by atoms with Crippen LogP contribution in [0.25, 0.3) is 0 Å². The van der Waals surface area contributed by atoms with Gasteiger partial charge in [-0.3, -0.25) is 18.9 Å². The van der Waals surface area contributed by atoms with E-state index >= 15 is 35.1 Å². The second-order valence-corrected chi connectivity index (χ2v) is 8.76. The van der Waals surface area contributed by atoms with Crippen molar-refractivity contribution in [3.8, 4) is 0 Å². The first-order valence-electron chi connectivity index (χ1n) is 10.8. The van der Waals surface area contributed by atoms with Gasteiger partial charge in [-0.15, -0.1) is 0 Å². The molecule has 8 nitrogen and oxygen atoms in total. The molecule has 0 heterocycles. The molecule has 4 atom stereocenters. The van der Waals surface area contributed by atoms with Gasteiger partial charge in [-0.2, -0.15) is 105 Å². The number of aliphatic hydroxyl groups is 4. The second kappa shape index (κ2) is 13.2. The second-order valence-electron chi connectivity index (χ2n) is 8.76. The zero-order chi connectivity index (χ0) is 40.2. The van der Waals surface area contributed by atoms with Crippen LogP contribution in [0.3, 0.4) is 0 Å². The van der Waals surface area contributed by atoms with Crippen LogP contribution >= 0.6 is 0 Å². The summed E-state index contributed by atoms with van der Waals surface area (Å²) < 4.78 is 341. The zero-order valence-corrected chi connectivity index (χ0v) is 21.8. The maximum absolute atomic E-state index is 15.2. The number of alkyl halides is 24. The van der Waals surface area contributed by atoms with Gasteiger partial charge in [0.25, 0.3) is 0 Å². The van der Waals surface area contributed by atoms with Crippen molar-refractivity contribution in [2.75, 3.05) is 26.4 Å². The van der Waals surface area contributed by atoms with Gasteiger partial charge in [0, 0.05) is 0 Å². The fourth-order valence-corrected chi connectivity index (χ4v) is 2.85. The van der Waals surface area contributed by atoms with Gasteiger partial charge >= 0.3 is 78.0 Å². The van der Waals surface area contributed by atoms with Crippen LogP contribution < -0.4 is 0 Å². The highest BCUT2D eigenvalue weighted by Crippen LogP contribution is 2.70. The molecule has 49 heavy (non-hydrogen) atoms. The zero-order valence-electron chi connectivity index (χ0n) is 21.8. The van der Waals surface area contributed by atoms with Crippen LogP contribution in [0.1, 0.15) is 0 Å². The summed E-state index contributed by atoms with van der Waals surface area (Å²) in [6.45, 7) is -16.1. The standard InChI is InChI=1S/C17H12F24O8/c18-5(1-42,10(22,23)24)46-14(34,35)9(15(36,37)47-6(19,2-43)11(25,26)27,16(38,39)48-7(20,3-44)12(28,29)30)17(40,41)49-8(21,4-45)13(31,32)33/h42-45H,1-4H2. The summed E-state index contributed by atoms with van der Waals surface area (Å²) in [5.41, 5.74) is -9.65. The molecule has 296 valence electrons. The molecule has 0 aliphatic carbocycles. The molecule has 0 amide bonds. The van der Waals surface area contributed by atoms with Crippen LogP contribution in [-0.2, 0) is 18.9 Å². The minimum absolute atomic E-state index is 1.61. The van der Waals surface area contributed by atoms with Crippen molar-refractivity contribution in [3.05, 3.63) is 0 Å². The number of hydrogen-bond acceptors (Lipinski definition) is 8. The number of ether oxygens (including phenoxy) is 4. The number of aliphatic hydroxyl groups excluding tert-OH is 4. The normalized spacial score (nSPS) is 21.3. The van der Waals surface area contributed by atoms with Crippen molar-refractivity contribution in [2.24, 2.45) is 5.41 Å². The van der Waals surface area contributed by atoms with Crippen molar-refractivity contribution in [1.29, 1.82) is 0 Å². The van der Waals surface area contributed by atoms with Crippen LogP contribution in [0.2, 0.25) is 0 Å². The van der Waals surface area contributed by atoms with Crippen LogP contribution in [0.15, 0.2) is 0 Å². The SMILES string of the molecule is OCC(F)(OC(F)(F)C(C(F)(F)OC(F)(CO)C(F)(F)F)(C(F)(F)OC(F)(CO)C(F)(F)F)C(F)(F)OC(F)(CO)C(F)(F)F)C(F)(F)F. The van der Waals surface area contributed by atoms with Crippen molar-refractivity contribution < 1.29 is 145 Å². The maximum atomic E-state index is 15.2. The van der Waals surface area contributed by atoms with E-state index in [0.29, 0.717) is 0 Å². The van der Waals surface area contributed by atoms with Gasteiger partial charge in [-0.25, -0.2) is 0 Å². The lowest BCUT2D eigenvalue weighted by atomic mass is 9.80. The first-order chi connectivity index (χ1) is 21.1. The lowest BCUT2D eigenvalue weighted by Gasteiger charge is -2.52. The molecule has 0 rings (SSSR count). The molecule has 0 saturated heterocycles. The van der Waals surface area contributed by atoms with E-state index in [1.807, 2.05) is 0 Å². The Bertz CT molecular complexity index is 947. The third-order valence-electron chi connectivity index (χ3n) is 5.41. The van der Waals surface area contributed by atoms with Crippen molar-refractivity contribution >= 4 is 0 Å². The largest absolute Gasteiger partial charge is 0.451 e. The number of halogens is 24. The fraction of sp³-hybridized carbons (Fsp3) is 1.00. The summed E-state index contributed by atoms with van der Waals surface area (Å²) in [6.07, 6.45) is -67.4. The van der Waals surface area contributed by atoms with Gasteiger partial charge in [0.15, 0.2) is 0 Å². The van der Waals surface area contributed by atoms with Gasteiger partial charge in [0.1, 0.15) is 26.4 Å². The highest BCUT2D eigenvalue weighted by Gasteiger charge is 2.98. The average Bonchev–Trinajstić information content (AvgIpc) is 2.83. The van der Waals surface area contributed by atoms with E-state index in [-0.39, 0.29) is 0 Å². The molecule has 0 aliphatic rings. The molecule has 0 radical (unpaired) electrons. The van der Waals surface area contributed by atoms with Crippen LogP contribution in [0.5, 0.6) is 0 Å². The summed E-state index contributed by atoms with van der Waals surface area (Å²) in [4.78, 5) is 0. The lowest BCUT2D eigenvalue weighted by Crippen LogP contribution is -2.79. The highest BCUT2D eigenvalue weighted by atomic mass is 19.4. The first-order valence-corrected chi connectivity index (χ1v) is 10.8. The first kappa shape index (κ1) is 47.0. The Kier molecular flexibility index (Phi) is 12.7. The molecule has 0 aliphatic heterocycles. The molecule has 0 bridgehead atoms. The predicted molar refractivity (Wildman–Crippen MR) is 94.5 cm³/mol. The third-order valence-corrected chi connectivity index (χ3v) is 5.41. The van der Waals surface area contributed by atoms with Gasteiger partial charge in [-0.1, -0.05) is 0 Å². The van der Waals surface area contributed by atoms with E-state index in [0.717, 1.165) is 0 Å². The van der Waals surface area contributed by atoms with E-state index in [2.05, 4.69) is 0 Å². The van der Waals surface area contributed by atoms with E-state index in [1.165, 1.54) is 0 Å². The average molecular weight is 800 g/mol. The summed E-state index contributed by atoms with van der Waals surface area (Å²) >= 11 is 0. The van der Waals surface area contributed by atoms with E-state index in [1.54, 1.807) is 18.9 Å². The number of hydrogen-bond donors (Lipinski definition) is 4. The van der Waals surface area contributed by atoms with Crippen molar-refractivity contribution in [1.82, 2.24) is 0 Å². The van der Waals surface area contributed by atoms with Crippen LogP contribution in [0, 0.1) is 5.41 Å². The minimum Gasteiger partial charge on any atom is -0.390 e. The Morgan fingerprint density at radius 1 is 0.265 bits per heavy atom. The smallest absolute Gasteiger partial charge is 0.390 e. The molecule has 0 aromatic carbocycles. The molecule has 0 aromatic rings. The highest BCUT2D eigenvalue weighted by molar-refractivity contribution is 5.10. The molecule has 32 heteroatoms. The monoisotopic (exact) mass is 800 g/mol. The van der Waals surface area contributed by atoms with Crippen molar-refractivity contribution in [3.63, 3.8) is 0 Å². The molecular weight excluding hydrogens is 788 g/mol. The topological polar surface area (TPSA) is 118 Å². The molecular formula is C17H12F24O8. The Balaban J connectivity index is 9.03. The van der Waals surface area contributed by atoms with Gasteiger partial charge in [0.05, 0.1) is 0 Å². The van der Waals surface area contributed by atoms with E-state index in [4.69, 9.17) is 20.4 Å². The molecule has 4 unspecified atom stereocenters. The number of rotatable bonds is 16. The Labute approximate surface area is 250 Å². The van der Waals surface area contributed by atoms with Gasteiger partial charge < -0.3 is 20.4 Å². The molecule has 0 spiro atoms. The summed E-state index contributed by atoms with van der Waals surface area (Å²) in [5.74, 6) is -29.0. The van der Waals surface area contributed by atoms with Crippen LogP contribution in [0.4, 0.5) is 105 Å². The quantitative estimate of drug-likeness (QED) is 0.156. The van der Waals surface area contributed by atoms with Gasteiger partial charge in [-0.05, 0) is 0 Å². The summed E-state index contributed by atoms with van der Waals surface area (Å²) in [6, 6.07) is 0.